The monoisotopic (exact) mass is 374 g/mol. The fraction of sp³-hybridized carbons (Fsp3) is 0.0714. The summed E-state index contributed by atoms with van der Waals surface area (Å²) in [5, 5.41) is 0.572. The number of Topliss-reactive ketones (excluding diaryl/α,β-unsaturated/α-hetero) is 1. The van der Waals surface area contributed by atoms with E-state index in [2.05, 4.69) is 0 Å². The third-order valence-corrected chi connectivity index (χ3v) is 3.80. The van der Waals surface area contributed by atoms with Crippen molar-refractivity contribution in [2.45, 2.75) is 6.42 Å². The quantitative estimate of drug-likeness (QED) is 0.571. The van der Waals surface area contributed by atoms with E-state index in [1.54, 1.807) is 6.07 Å². The molecule has 0 bridgehead atoms. The number of carbonyl (C=O) groups is 1. The lowest BCUT2D eigenvalue weighted by molar-refractivity contribution is 0.0992. The molecule has 0 radical (unpaired) electrons. The second-order valence-corrected chi connectivity index (χ2v) is 5.38. The molecule has 2 rings (SSSR count). The van der Waals surface area contributed by atoms with Crippen molar-refractivity contribution in [2.24, 2.45) is 0 Å². The molecule has 4 heteroatoms. The van der Waals surface area contributed by atoms with Gasteiger partial charge in [-0.25, -0.2) is 4.39 Å². The second kappa shape index (κ2) is 5.80. The van der Waals surface area contributed by atoms with E-state index < -0.39 is 0 Å². The summed E-state index contributed by atoms with van der Waals surface area (Å²) in [6.07, 6.45) is 0.224. The minimum atomic E-state index is -0.339. The first-order chi connectivity index (χ1) is 8.58. The Morgan fingerprint density at radius 2 is 1.94 bits per heavy atom. The van der Waals surface area contributed by atoms with E-state index in [1.165, 1.54) is 18.2 Å². The first-order valence-corrected chi connectivity index (χ1v) is 6.75. The Kier molecular flexibility index (Phi) is 4.35. The summed E-state index contributed by atoms with van der Waals surface area (Å²) in [5.41, 5.74) is 1.31. The highest BCUT2D eigenvalue weighted by Crippen LogP contribution is 2.20. The fourth-order valence-corrected chi connectivity index (χ4v) is 2.61. The van der Waals surface area contributed by atoms with Crippen LogP contribution in [0.1, 0.15) is 15.9 Å². The lowest BCUT2D eigenvalue weighted by Crippen LogP contribution is -2.06. The number of benzene rings is 2. The Labute approximate surface area is 123 Å². The summed E-state index contributed by atoms with van der Waals surface area (Å²) < 4.78 is 13.6. The average molecular weight is 375 g/mol. The molecule has 0 spiro atoms. The Bertz CT molecular complexity index is 598. The van der Waals surface area contributed by atoms with E-state index in [0.29, 0.717) is 14.2 Å². The zero-order chi connectivity index (χ0) is 13.1. The summed E-state index contributed by atoms with van der Waals surface area (Å²) >= 11 is 7.97. The highest BCUT2D eigenvalue weighted by molar-refractivity contribution is 14.1. The summed E-state index contributed by atoms with van der Waals surface area (Å²) in [5.74, 6) is -0.402. The third kappa shape index (κ3) is 3.09. The molecule has 92 valence electrons. The van der Waals surface area contributed by atoms with E-state index in [1.807, 2.05) is 40.8 Å². The van der Waals surface area contributed by atoms with E-state index >= 15 is 0 Å². The van der Waals surface area contributed by atoms with Gasteiger partial charge in [0.15, 0.2) is 5.78 Å². The fourth-order valence-electron chi connectivity index (χ4n) is 1.63. The number of carbonyl (C=O) groups excluding carboxylic acids is 1. The number of hydrogen-bond acceptors (Lipinski definition) is 1. The van der Waals surface area contributed by atoms with Gasteiger partial charge in [0.1, 0.15) is 5.82 Å². The van der Waals surface area contributed by atoms with Gasteiger partial charge in [0.2, 0.25) is 0 Å². The molecule has 2 aromatic rings. The average Bonchev–Trinajstić information content (AvgIpc) is 2.32. The van der Waals surface area contributed by atoms with Gasteiger partial charge in [-0.2, -0.15) is 0 Å². The van der Waals surface area contributed by atoms with Crippen LogP contribution in [-0.4, -0.2) is 5.78 Å². The van der Waals surface area contributed by atoms with Gasteiger partial charge >= 0.3 is 0 Å². The van der Waals surface area contributed by atoms with Crippen LogP contribution in [0.15, 0.2) is 42.5 Å². The number of ketones is 1. The molecule has 0 heterocycles. The molecule has 0 saturated heterocycles. The summed E-state index contributed by atoms with van der Waals surface area (Å²) in [4.78, 5) is 12.1. The Balaban J connectivity index is 2.25. The zero-order valence-corrected chi connectivity index (χ0v) is 12.2. The zero-order valence-electron chi connectivity index (χ0n) is 9.29. The molecule has 0 saturated carbocycles. The first kappa shape index (κ1) is 13.5. The highest BCUT2D eigenvalue weighted by Gasteiger charge is 2.12. The van der Waals surface area contributed by atoms with Crippen LogP contribution in [0.2, 0.25) is 5.02 Å². The molecule has 18 heavy (non-hydrogen) atoms. The molecule has 0 N–H and O–H groups in total. The van der Waals surface area contributed by atoms with Crippen LogP contribution in [0.5, 0.6) is 0 Å². The largest absolute Gasteiger partial charge is 0.294 e. The normalized spacial score (nSPS) is 10.4. The van der Waals surface area contributed by atoms with Crippen molar-refractivity contribution >= 4 is 40.0 Å². The van der Waals surface area contributed by atoms with Crippen molar-refractivity contribution < 1.29 is 9.18 Å². The van der Waals surface area contributed by atoms with Gasteiger partial charge < -0.3 is 0 Å². The molecular formula is C14H9ClFIO. The maximum atomic E-state index is 13.0. The van der Waals surface area contributed by atoms with Crippen molar-refractivity contribution in [3.05, 3.63) is 68.0 Å². The Hall–Kier alpha value is -0.940. The molecule has 0 atom stereocenters. The third-order valence-electron chi connectivity index (χ3n) is 2.54. The van der Waals surface area contributed by atoms with Crippen LogP contribution >= 0.6 is 34.2 Å². The topological polar surface area (TPSA) is 17.1 Å². The minimum Gasteiger partial charge on any atom is -0.294 e. The predicted octanol–water partition coefficient (Wildman–Crippen LogP) is 4.51. The van der Waals surface area contributed by atoms with Crippen molar-refractivity contribution in [3.63, 3.8) is 0 Å². The summed E-state index contributed by atoms with van der Waals surface area (Å²) in [6, 6.07) is 11.4. The molecule has 1 nitrogen and oxygen atoms in total. The molecule has 0 aliphatic carbocycles. The van der Waals surface area contributed by atoms with Crippen LogP contribution in [0.4, 0.5) is 4.39 Å². The molecule has 2 aromatic carbocycles. The van der Waals surface area contributed by atoms with Crippen molar-refractivity contribution in [1.82, 2.24) is 0 Å². The van der Waals surface area contributed by atoms with Crippen LogP contribution in [-0.2, 0) is 6.42 Å². The van der Waals surface area contributed by atoms with E-state index in [0.717, 1.165) is 5.56 Å². The van der Waals surface area contributed by atoms with Gasteiger partial charge in [-0.15, -0.1) is 0 Å². The maximum Gasteiger partial charge on any atom is 0.168 e. The van der Waals surface area contributed by atoms with Gasteiger partial charge in [-0.3, -0.25) is 4.79 Å². The van der Waals surface area contributed by atoms with Gasteiger partial charge in [0.05, 0.1) is 0 Å². The molecule has 0 aliphatic rings. The first-order valence-electron chi connectivity index (χ1n) is 5.29. The number of halogens is 3. The van der Waals surface area contributed by atoms with Gasteiger partial charge in [-0.1, -0.05) is 29.8 Å². The number of rotatable bonds is 3. The highest BCUT2D eigenvalue weighted by atomic mass is 127. The minimum absolute atomic E-state index is 0.0625. The van der Waals surface area contributed by atoms with Crippen molar-refractivity contribution in [2.75, 3.05) is 0 Å². The Morgan fingerprint density at radius 3 is 2.61 bits per heavy atom. The molecule has 0 amide bonds. The standard InChI is InChI=1S/C14H9ClFIO/c15-12-4-2-1-3-9(12)7-14(18)11-6-5-10(16)8-13(11)17/h1-6,8H,7H2. The predicted molar refractivity (Wildman–Crippen MR) is 78.6 cm³/mol. The SMILES string of the molecule is O=C(Cc1ccccc1Cl)c1ccc(F)cc1I. The maximum absolute atomic E-state index is 13.0. The molecule has 0 unspecified atom stereocenters. The molecular weight excluding hydrogens is 366 g/mol. The van der Waals surface area contributed by atoms with Crippen molar-refractivity contribution in [1.29, 1.82) is 0 Å². The van der Waals surface area contributed by atoms with Gasteiger partial charge in [0, 0.05) is 20.6 Å². The van der Waals surface area contributed by atoms with Gasteiger partial charge in [-0.05, 0) is 52.4 Å². The number of hydrogen-bond donors (Lipinski definition) is 0. The second-order valence-electron chi connectivity index (χ2n) is 3.82. The lowest BCUT2D eigenvalue weighted by Gasteiger charge is -2.05. The van der Waals surface area contributed by atoms with Crippen LogP contribution in [0.25, 0.3) is 0 Å². The van der Waals surface area contributed by atoms with Crippen molar-refractivity contribution in [3.8, 4) is 0 Å². The smallest absolute Gasteiger partial charge is 0.168 e. The van der Waals surface area contributed by atoms with E-state index in [4.69, 9.17) is 11.6 Å². The van der Waals surface area contributed by atoms with Gasteiger partial charge in [0.25, 0.3) is 0 Å². The van der Waals surface area contributed by atoms with Crippen LogP contribution in [0, 0.1) is 9.39 Å². The molecule has 0 fully saturated rings. The molecule has 0 aliphatic heterocycles. The van der Waals surface area contributed by atoms with Crippen LogP contribution in [0.3, 0.4) is 0 Å². The molecule has 0 aromatic heterocycles. The lowest BCUT2D eigenvalue weighted by atomic mass is 10.0. The van der Waals surface area contributed by atoms with E-state index in [-0.39, 0.29) is 18.0 Å². The summed E-state index contributed by atoms with van der Waals surface area (Å²) in [7, 11) is 0. The summed E-state index contributed by atoms with van der Waals surface area (Å²) in [6.45, 7) is 0. The van der Waals surface area contributed by atoms with Crippen LogP contribution < -0.4 is 0 Å². The van der Waals surface area contributed by atoms with E-state index in [9.17, 15) is 9.18 Å². The Morgan fingerprint density at radius 1 is 1.22 bits per heavy atom.